The van der Waals surface area contributed by atoms with E-state index < -0.39 is 0 Å². The molecule has 0 aliphatic rings. The van der Waals surface area contributed by atoms with Gasteiger partial charge in [-0.15, -0.1) is 119 Å². The van der Waals surface area contributed by atoms with E-state index in [0.29, 0.717) is 0 Å². The summed E-state index contributed by atoms with van der Waals surface area (Å²) in [7, 11) is 0. The van der Waals surface area contributed by atoms with Gasteiger partial charge in [0.15, 0.2) is 0 Å². The molecule has 0 aliphatic carbocycles. The largest absolute Gasteiger partial charge is 4.00 e. The van der Waals surface area contributed by atoms with Gasteiger partial charge in [0.05, 0.1) is 0 Å². The first-order valence-corrected chi connectivity index (χ1v) is 16.1. The number of hydrogen-bond acceptors (Lipinski definition) is 0. The molecule has 0 amide bonds. The van der Waals surface area contributed by atoms with Crippen molar-refractivity contribution in [2.24, 2.45) is 0 Å². The van der Waals surface area contributed by atoms with Crippen molar-refractivity contribution in [3.8, 4) is 0 Å². The van der Waals surface area contributed by atoms with Crippen LogP contribution in [0.2, 0.25) is 0 Å². The maximum absolute atomic E-state index is 2.89. The monoisotopic (exact) mass is 896 g/mol. The standard InChI is InChI=1S/4C9H7.2C6H5.2ClH.2H2N.2Zr/c4*1-2-5-9-7-3-6-8(9)4-1;2*1-2-4-6-5-3-1;;;;;;/h4*1-7H;2*1-5H;2*1H;2*1H2;;/q6*-1;;;2*-1;2*+4/p-2. The molecular formula is C48H42Cl2N2Zr2-2. The van der Waals surface area contributed by atoms with Crippen LogP contribution in [-0.4, -0.2) is 0 Å². The third-order valence-corrected chi connectivity index (χ3v) is 7.40. The van der Waals surface area contributed by atoms with Crippen LogP contribution >= 0.6 is 0 Å². The maximum Gasteiger partial charge on any atom is 4.00 e. The molecule has 0 spiro atoms. The van der Waals surface area contributed by atoms with Gasteiger partial charge in [0.1, 0.15) is 0 Å². The number of halogens is 2. The van der Waals surface area contributed by atoms with Crippen LogP contribution in [0.5, 0.6) is 0 Å². The first-order valence-electron chi connectivity index (χ1n) is 16.1. The third-order valence-electron chi connectivity index (χ3n) is 7.40. The Kier molecular flexibility index (Phi) is 30.3. The molecule has 0 heterocycles. The molecule has 0 aromatic heterocycles. The average molecular weight is 900 g/mol. The molecule has 0 unspecified atom stereocenters. The molecule has 6 heteroatoms. The Hall–Kier alpha value is -3.97. The molecule has 10 rings (SSSR count). The van der Waals surface area contributed by atoms with E-state index in [1.165, 1.54) is 43.1 Å². The van der Waals surface area contributed by atoms with E-state index in [4.69, 9.17) is 0 Å². The Bertz CT molecular complexity index is 1800. The number of hydrogen-bond donors (Lipinski definition) is 0. The maximum atomic E-state index is 2.89. The van der Waals surface area contributed by atoms with Crippen LogP contribution in [0, 0.1) is 12.1 Å². The van der Waals surface area contributed by atoms with Gasteiger partial charge in [0.25, 0.3) is 0 Å². The van der Waals surface area contributed by atoms with E-state index in [-0.39, 0.29) is 89.5 Å². The zero-order valence-corrected chi connectivity index (χ0v) is 36.3. The molecule has 2 nitrogen and oxygen atoms in total. The van der Waals surface area contributed by atoms with Crippen molar-refractivity contribution >= 4 is 43.1 Å². The van der Waals surface area contributed by atoms with Crippen LogP contribution in [0.25, 0.3) is 55.4 Å². The van der Waals surface area contributed by atoms with Gasteiger partial charge in [-0.1, -0.05) is 24.3 Å². The topological polar surface area (TPSA) is 67.0 Å². The first kappa shape index (κ1) is 52.1. The van der Waals surface area contributed by atoms with Crippen molar-refractivity contribution in [1.82, 2.24) is 0 Å². The van der Waals surface area contributed by atoms with E-state index in [9.17, 15) is 0 Å². The quantitative estimate of drug-likeness (QED) is 0.137. The van der Waals surface area contributed by atoms with E-state index in [0.717, 1.165) is 0 Å². The molecule has 0 saturated carbocycles. The Labute approximate surface area is 372 Å². The van der Waals surface area contributed by atoms with Crippen molar-refractivity contribution in [3.63, 3.8) is 0 Å². The Morgan fingerprint density at radius 1 is 0.278 bits per heavy atom. The summed E-state index contributed by atoms with van der Waals surface area (Å²) in [5.74, 6) is 0. The minimum absolute atomic E-state index is 0. The average Bonchev–Trinajstić information content (AvgIpc) is 4.01. The fourth-order valence-electron chi connectivity index (χ4n) is 4.96. The van der Waals surface area contributed by atoms with Crippen LogP contribution in [-0.2, 0) is 52.4 Å². The molecule has 0 bridgehead atoms. The second-order valence-electron chi connectivity index (χ2n) is 10.8. The van der Waals surface area contributed by atoms with Gasteiger partial charge >= 0.3 is 52.4 Å². The molecule has 10 aromatic rings. The Morgan fingerprint density at radius 3 is 0.667 bits per heavy atom. The van der Waals surface area contributed by atoms with Crippen LogP contribution in [0.1, 0.15) is 0 Å². The van der Waals surface area contributed by atoms with Crippen molar-refractivity contribution in [3.05, 3.63) is 255 Å². The predicted octanol–water partition coefficient (Wildman–Crippen LogP) is 8.65. The normalized spacial score (nSPS) is 8.59. The van der Waals surface area contributed by atoms with E-state index >= 15 is 0 Å². The molecule has 0 fully saturated rings. The molecule has 0 atom stereocenters. The van der Waals surface area contributed by atoms with Crippen LogP contribution in [0.4, 0.5) is 0 Å². The van der Waals surface area contributed by atoms with Gasteiger partial charge in [0.2, 0.25) is 0 Å². The van der Waals surface area contributed by atoms with E-state index in [1.54, 1.807) is 0 Å². The molecular weight excluding hydrogens is 858 g/mol. The number of rotatable bonds is 0. The van der Waals surface area contributed by atoms with E-state index in [2.05, 4.69) is 182 Å². The van der Waals surface area contributed by atoms with Gasteiger partial charge in [0, 0.05) is 0 Å². The summed E-state index contributed by atoms with van der Waals surface area (Å²) < 4.78 is 0. The smallest absolute Gasteiger partial charge is 1.00 e. The van der Waals surface area contributed by atoms with Crippen LogP contribution < -0.4 is 24.8 Å². The zero-order chi connectivity index (χ0) is 32.9. The number of benzene rings is 6. The van der Waals surface area contributed by atoms with Gasteiger partial charge < -0.3 is 37.1 Å². The van der Waals surface area contributed by atoms with Crippen LogP contribution in [0.3, 0.4) is 0 Å². The van der Waals surface area contributed by atoms with Gasteiger partial charge in [-0.3, -0.25) is 0 Å². The van der Waals surface area contributed by atoms with Crippen molar-refractivity contribution in [2.45, 2.75) is 0 Å². The van der Waals surface area contributed by atoms with E-state index in [1.807, 2.05) is 60.7 Å². The van der Waals surface area contributed by atoms with Crippen molar-refractivity contribution in [2.75, 3.05) is 0 Å². The molecule has 0 radical (unpaired) electrons. The summed E-state index contributed by atoms with van der Waals surface area (Å²) in [5.41, 5.74) is 0. The fourth-order valence-corrected chi connectivity index (χ4v) is 4.96. The van der Waals surface area contributed by atoms with Crippen molar-refractivity contribution in [1.29, 1.82) is 0 Å². The minimum atomic E-state index is 0. The van der Waals surface area contributed by atoms with Crippen LogP contribution in [0.15, 0.2) is 231 Å². The Morgan fingerprint density at radius 2 is 0.500 bits per heavy atom. The summed E-state index contributed by atoms with van der Waals surface area (Å²) in [6.45, 7) is 0. The zero-order valence-electron chi connectivity index (χ0n) is 29.8. The molecule has 268 valence electrons. The molecule has 0 aliphatic heterocycles. The summed E-state index contributed by atoms with van der Waals surface area (Å²) in [4.78, 5) is 0. The molecule has 4 N–H and O–H groups in total. The third kappa shape index (κ3) is 18.4. The number of fused-ring (bicyclic) bond motifs is 4. The first-order chi connectivity index (χ1) is 23.9. The molecule has 54 heavy (non-hydrogen) atoms. The fraction of sp³-hybridized carbons (Fsp3) is 0. The predicted molar refractivity (Wildman–Crippen MR) is 219 cm³/mol. The van der Waals surface area contributed by atoms with Gasteiger partial charge in [-0.2, -0.15) is 143 Å². The number of nitrogens with two attached hydrogens (primary N) is 2. The second kappa shape index (κ2) is 31.4. The SMILES string of the molecule is [Cl-].[Cl-].[NH2-].[NH2-].[Zr+4].[Zr+4].[c-]1ccccc1.[c-]1ccccc1.c1ccc2[cH-]ccc2c1.c1ccc2[cH-]ccc2c1.c1ccc2[cH-]ccc2c1.c1ccc2[cH-]ccc2c1. The van der Waals surface area contributed by atoms with Gasteiger partial charge in [-0.25, -0.2) is 0 Å². The molecule has 0 saturated heterocycles. The van der Waals surface area contributed by atoms with Gasteiger partial charge in [-0.05, 0) is 0 Å². The summed E-state index contributed by atoms with van der Waals surface area (Å²) in [6, 6.07) is 83.7. The summed E-state index contributed by atoms with van der Waals surface area (Å²) >= 11 is 0. The van der Waals surface area contributed by atoms with Crippen molar-refractivity contribution < 1.29 is 77.2 Å². The minimum Gasteiger partial charge on any atom is -1.00 e. The second-order valence-corrected chi connectivity index (χ2v) is 10.8. The Balaban J connectivity index is 0. The molecule has 10 aromatic carbocycles. The summed E-state index contributed by atoms with van der Waals surface area (Å²) in [5, 5.41) is 10.6. The summed E-state index contributed by atoms with van der Waals surface area (Å²) in [6.07, 6.45) is 0.